The molecule has 0 saturated carbocycles. The van der Waals surface area contributed by atoms with E-state index in [1.165, 1.54) is 6.42 Å². The topological polar surface area (TPSA) is 44.7 Å². The summed E-state index contributed by atoms with van der Waals surface area (Å²) in [7, 11) is -0.975. The Kier molecular flexibility index (Phi) is 7.95. The predicted molar refractivity (Wildman–Crippen MR) is 102 cm³/mol. The maximum absolute atomic E-state index is 12.3. The standard InChI is InChI=1S/C17H27N3OS2/c1-3-15-14-20(11-12-22-15)17(18-4-2)19-10-13-23(21)16-8-6-5-7-9-16/h5-9,15H,3-4,10-14H2,1-2H3,(H,18,19). The normalized spacial score (nSPS) is 20.3. The van der Waals surface area contributed by atoms with Gasteiger partial charge in [-0.3, -0.25) is 9.20 Å². The van der Waals surface area contributed by atoms with Crippen molar-refractivity contribution in [2.24, 2.45) is 4.99 Å². The molecule has 23 heavy (non-hydrogen) atoms. The Labute approximate surface area is 146 Å². The van der Waals surface area contributed by atoms with Crippen LogP contribution in [0.2, 0.25) is 0 Å². The Bertz CT molecular complexity index is 522. The molecular formula is C17H27N3OS2. The molecule has 2 rings (SSSR count). The van der Waals surface area contributed by atoms with Crippen LogP contribution in [0.1, 0.15) is 20.3 Å². The second-order valence-electron chi connectivity index (χ2n) is 5.45. The van der Waals surface area contributed by atoms with E-state index in [-0.39, 0.29) is 0 Å². The molecule has 1 aliphatic rings. The number of aliphatic imine (C=N–C) groups is 1. The first-order valence-corrected chi connectivity index (χ1v) is 10.7. The number of benzene rings is 1. The maximum atomic E-state index is 12.3. The lowest BCUT2D eigenvalue weighted by molar-refractivity contribution is 0.408. The zero-order chi connectivity index (χ0) is 16.5. The van der Waals surface area contributed by atoms with Crippen LogP contribution in [0.4, 0.5) is 0 Å². The zero-order valence-corrected chi connectivity index (χ0v) is 15.7. The van der Waals surface area contributed by atoms with Gasteiger partial charge in [0.2, 0.25) is 0 Å². The van der Waals surface area contributed by atoms with Crippen molar-refractivity contribution < 1.29 is 4.21 Å². The Hall–Kier alpha value is -1.01. The third-order valence-corrected chi connectivity index (χ3v) is 6.50. The monoisotopic (exact) mass is 353 g/mol. The molecule has 1 aromatic rings. The van der Waals surface area contributed by atoms with Crippen LogP contribution in [-0.2, 0) is 10.8 Å². The molecule has 4 nitrogen and oxygen atoms in total. The van der Waals surface area contributed by atoms with E-state index in [0.29, 0.717) is 17.5 Å². The van der Waals surface area contributed by atoms with Gasteiger partial charge < -0.3 is 10.2 Å². The highest BCUT2D eigenvalue weighted by Crippen LogP contribution is 2.21. The summed E-state index contributed by atoms with van der Waals surface area (Å²) in [5.41, 5.74) is 0. The van der Waals surface area contributed by atoms with E-state index in [9.17, 15) is 4.21 Å². The smallest absolute Gasteiger partial charge is 0.194 e. The molecule has 2 unspecified atom stereocenters. The second kappa shape index (κ2) is 9.98. The molecule has 1 N–H and O–H groups in total. The molecule has 128 valence electrons. The number of hydrogen-bond acceptors (Lipinski definition) is 3. The number of hydrogen-bond donors (Lipinski definition) is 1. The van der Waals surface area contributed by atoms with E-state index >= 15 is 0 Å². The Morgan fingerprint density at radius 1 is 1.39 bits per heavy atom. The van der Waals surface area contributed by atoms with E-state index in [4.69, 9.17) is 4.99 Å². The first kappa shape index (κ1) is 18.3. The Balaban J connectivity index is 1.92. The van der Waals surface area contributed by atoms with E-state index in [1.807, 2.05) is 30.3 Å². The van der Waals surface area contributed by atoms with Crippen molar-refractivity contribution in [2.45, 2.75) is 30.4 Å². The summed E-state index contributed by atoms with van der Waals surface area (Å²) in [6, 6.07) is 9.63. The molecule has 6 heteroatoms. The Morgan fingerprint density at radius 2 is 2.17 bits per heavy atom. The largest absolute Gasteiger partial charge is 0.357 e. The van der Waals surface area contributed by atoms with Crippen LogP contribution < -0.4 is 5.32 Å². The highest BCUT2D eigenvalue weighted by Gasteiger charge is 2.21. The number of nitrogens with zero attached hydrogens (tertiary/aromatic N) is 2. The first-order chi connectivity index (χ1) is 11.2. The van der Waals surface area contributed by atoms with Crippen molar-refractivity contribution in [3.05, 3.63) is 30.3 Å². The molecule has 0 spiro atoms. The van der Waals surface area contributed by atoms with Gasteiger partial charge in [-0.25, -0.2) is 0 Å². The SMILES string of the molecule is CCNC(=NCCS(=O)c1ccccc1)N1CCSC(CC)C1. The van der Waals surface area contributed by atoms with Gasteiger partial charge in [-0.05, 0) is 25.5 Å². The molecule has 0 aliphatic carbocycles. The molecule has 1 aromatic carbocycles. The fourth-order valence-corrected chi connectivity index (χ4v) is 4.64. The van der Waals surface area contributed by atoms with Crippen LogP contribution in [0.15, 0.2) is 40.2 Å². The van der Waals surface area contributed by atoms with E-state index in [2.05, 4.69) is 35.8 Å². The van der Waals surface area contributed by atoms with Gasteiger partial charge in [0.05, 0.1) is 17.3 Å². The minimum absolute atomic E-state index is 0.568. The van der Waals surface area contributed by atoms with Crippen LogP contribution in [-0.4, -0.2) is 58.0 Å². The van der Waals surface area contributed by atoms with Gasteiger partial charge in [-0.15, -0.1) is 0 Å². The lowest BCUT2D eigenvalue weighted by atomic mass is 10.3. The molecule has 0 aromatic heterocycles. The molecule has 1 saturated heterocycles. The quantitative estimate of drug-likeness (QED) is 0.631. The van der Waals surface area contributed by atoms with Crippen molar-refractivity contribution in [3.8, 4) is 0 Å². The summed E-state index contributed by atoms with van der Waals surface area (Å²) in [6.07, 6.45) is 1.19. The second-order valence-corrected chi connectivity index (χ2v) is 8.42. The van der Waals surface area contributed by atoms with Crippen LogP contribution >= 0.6 is 11.8 Å². The first-order valence-electron chi connectivity index (χ1n) is 8.32. The lowest BCUT2D eigenvalue weighted by Crippen LogP contribution is -2.48. The molecule has 0 bridgehead atoms. The van der Waals surface area contributed by atoms with Crippen molar-refractivity contribution in [2.75, 3.05) is 37.7 Å². The third kappa shape index (κ3) is 5.84. The molecule has 0 amide bonds. The summed E-state index contributed by atoms with van der Waals surface area (Å²) < 4.78 is 12.3. The average Bonchev–Trinajstić information content (AvgIpc) is 2.61. The molecule has 1 aliphatic heterocycles. The number of nitrogens with one attached hydrogen (secondary N) is 1. The fraction of sp³-hybridized carbons (Fsp3) is 0.588. The predicted octanol–water partition coefficient (Wildman–Crippen LogP) is 2.59. The summed E-state index contributed by atoms with van der Waals surface area (Å²) in [6.45, 7) is 7.87. The third-order valence-electron chi connectivity index (χ3n) is 3.77. The van der Waals surface area contributed by atoms with Gasteiger partial charge in [-0.2, -0.15) is 11.8 Å². The average molecular weight is 354 g/mol. The van der Waals surface area contributed by atoms with Crippen molar-refractivity contribution in [3.63, 3.8) is 0 Å². The Morgan fingerprint density at radius 3 is 2.87 bits per heavy atom. The lowest BCUT2D eigenvalue weighted by Gasteiger charge is -2.34. The summed E-state index contributed by atoms with van der Waals surface area (Å²) in [5.74, 6) is 2.69. The molecular weight excluding hydrogens is 326 g/mol. The minimum Gasteiger partial charge on any atom is -0.357 e. The molecule has 1 heterocycles. The maximum Gasteiger partial charge on any atom is 0.194 e. The number of guanidine groups is 1. The van der Waals surface area contributed by atoms with Crippen molar-refractivity contribution in [1.29, 1.82) is 0 Å². The van der Waals surface area contributed by atoms with Gasteiger partial charge in [0.25, 0.3) is 0 Å². The van der Waals surface area contributed by atoms with Gasteiger partial charge in [0.1, 0.15) is 0 Å². The molecule has 1 fully saturated rings. The van der Waals surface area contributed by atoms with E-state index in [1.54, 1.807) is 0 Å². The highest BCUT2D eigenvalue weighted by molar-refractivity contribution is 8.00. The number of thioether (sulfide) groups is 1. The summed E-state index contributed by atoms with van der Waals surface area (Å²) in [5, 5.41) is 4.06. The highest BCUT2D eigenvalue weighted by atomic mass is 32.2. The number of rotatable bonds is 6. The molecule has 0 radical (unpaired) electrons. The van der Waals surface area contributed by atoms with Gasteiger partial charge in [0.15, 0.2) is 5.96 Å². The van der Waals surface area contributed by atoms with Gasteiger partial charge in [-0.1, -0.05) is 25.1 Å². The van der Waals surface area contributed by atoms with Crippen LogP contribution in [0, 0.1) is 0 Å². The van der Waals surface area contributed by atoms with Crippen LogP contribution in [0.25, 0.3) is 0 Å². The van der Waals surface area contributed by atoms with Gasteiger partial charge in [0, 0.05) is 41.3 Å². The van der Waals surface area contributed by atoms with Crippen molar-refractivity contribution in [1.82, 2.24) is 10.2 Å². The minimum atomic E-state index is -0.975. The fourth-order valence-electron chi connectivity index (χ4n) is 2.51. The van der Waals surface area contributed by atoms with Crippen LogP contribution in [0.3, 0.4) is 0 Å². The zero-order valence-electron chi connectivity index (χ0n) is 14.0. The van der Waals surface area contributed by atoms with E-state index < -0.39 is 10.8 Å². The molecule has 2 atom stereocenters. The van der Waals surface area contributed by atoms with E-state index in [0.717, 1.165) is 36.2 Å². The van der Waals surface area contributed by atoms with Gasteiger partial charge >= 0.3 is 0 Å². The van der Waals surface area contributed by atoms with Crippen molar-refractivity contribution >= 4 is 28.5 Å². The van der Waals surface area contributed by atoms with Crippen LogP contribution in [0.5, 0.6) is 0 Å². The summed E-state index contributed by atoms with van der Waals surface area (Å²) in [4.78, 5) is 7.93. The summed E-state index contributed by atoms with van der Waals surface area (Å²) >= 11 is 2.06.